The van der Waals surface area contributed by atoms with Crippen LogP contribution in [0.5, 0.6) is 0 Å². The number of rotatable bonds is 3. The number of amides is 2. The van der Waals surface area contributed by atoms with Crippen molar-refractivity contribution in [2.24, 2.45) is 0 Å². The molecule has 0 bridgehead atoms. The molecular formula is C21H26N6O3S2. The predicted molar refractivity (Wildman–Crippen MR) is 126 cm³/mol. The largest absolute Gasteiger partial charge is 0.378 e. The van der Waals surface area contributed by atoms with Gasteiger partial charge in [-0.05, 0) is 19.4 Å². The van der Waals surface area contributed by atoms with Crippen LogP contribution >= 0.6 is 22.7 Å². The minimum Gasteiger partial charge on any atom is -0.378 e. The van der Waals surface area contributed by atoms with Gasteiger partial charge in [-0.25, -0.2) is 15.0 Å². The second-order valence-electron chi connectivity index (χ2n) is 8.64. The molecule has 3 aromatic heterocycles. The van der Waals surface area contributed by atoms with Gasteiger partial charge in [0.2, 0.25) is 0 Å². The van der Waals surface area contributed by atoms with Gasteiger partial charge in [-0.15, -0.1) is 22.7 Å². The quantitative estimate of drug-likeness (QED) is 0.562. The van der Waals surface area contributed by atoms with E-state index in [9.17, 15) is 9.59 Å². The molecule has 9 nitrogen and oxygen atoms in total. The first-order valence-electron chi connectivity index (χ1n) is 10.3. The minimum absolute atomic E-state index is 0.194. The van der Waals surface area contributed by atoms with Gasteiger partial charge in [-0.2, -0.15) is 0 Å². The fourth-order valence-electron chi connectivity index (χ4n) is 3.39. The van der Waals surface area contributed by atoms with Crippen LogP contribution in [-0.2, 0) is 10.2 Å². The summed E-state index contributed by atoms with van der Waals surface area (Å²) >= 11 is 2.70. The molecular weight excluding hydrogens is 448 g/mol. The molecule has 32 heavy (non-hydrogen) atoms. The number of nitrogens with zero attached hydrogens (tertiary/aromatic N) is 4. The third-order valence-electron chi connectivity index (χ3n) is 5.14. The Morgan fingerprint density at radius 1 is 1.06 bits per heavy atom. The van der Waals surface area contributed by atoms with Gasteiger partial charge in [0.05, 0.1) is 23.8 Å². The highest BCUT2D eigenvalue weighted by Crippen LogP contribution is 2.33. The van der Waals surface area contributed by atoms with Gasteiger partial charge in [0.15, 0.2) is 5.13 Å². The van der Waals surface area contributed by atoms with Crippen molar-refractivity contribution in [1.29, 1.82) is 0 Å². The van der Waals surface area contributed by atoms with Crippen molar-refractivity contribution in [1.82, 2.24) is 25.8 Å². The van der Waals surface area contributed by atoms with Crippen LogP contribution in [0.3, 0.4) is 0 Å². The molecule has 2 amide bonds. The Kier molecular flexibility index (Phi) is 6.15. The number of hydrogen-bond donors (Lipinski definition) is 2. The van der Waals surface area contributed by atoms with Crippen molar-refractivity contribution < 1.29 is 14.3 Å². The zero-order chi connectivity index (χ0) is 23.0. The van der Waals surface area contributed by atoms with Crippen molar-refractivity contribution in [2.45, 2.75) is 40.0 Å². The maximum atomic E-state index is 12.8. The van der Waals surface area contributed by atoms with Gasteiger partial charge in [-0.3, -0.25) is 20.4 Å². The Labute approximate surface area is 194 Å². The summed E-state index contributed by atoms with van der Waals surface area (Å²) in [6.45, 7) is 12.8. The summed E-state index contributed by atoms with van der Waals surface area (Å²) in [6.07, 6.45) is 0. The second-order valence-corrected chi connectivity index (χ2v) is 10.5. The van der Waals surface area contributed by atoms with Crippen LogP contribution in [-0.4, -0.2) is 53.1 Å². The number of ether oxygens (including phenoxy) is 1. The molecule has 11 heteroatoms. The average Bonchev–Trinajstić information content (AvgIpc) is 3.37. The molecule has 4 rings (SSSR count). The van der Waals surface area contributed by atoms with Crippen molar-refractivity contribution in [2.75, 3.05) is 31.2 Å². The Bertz CT molecular complexity index is 1170. The van der Waals surface area contributed by atoms with E-state index in [4.69, 9.17) is 4.74 Å². The van der Waals surface area contributed by atoms with Crippen molar-refractivity contribution in [3.8, 4) is 0 Å². The number of fused-ring (bicyclic) bond motifs is 1. The summed E-state index contributed by atoms with van der Waals surface area (Å²) in [5.41, 5.74) is 6.69. The Balaban J connectivity index is 1.47. The molecule has 0 spiro atoms. The average molecular weight is 475 g/mol. The lowest BCUT2D eigenvalue weighted by Crippen LogP contribution is -2.41. The number of morpholine rings is 1. The van der Waals surface area contributed by atoms with Crippen LogP contribution in [0.25, 0.3) is 10.2 Å². The van der Waals surface area contributed by atoms with Crippen LogP contribution in [0.2, 0.25) is 0 Å². The lowest BCUT2D eigenvalue weighted by Gasteiger charge is -2.25. The predicted octanol–water partition coefficient (Wildman–Crippen LogP) is 2.97. The molecule has 1 saturated heterocycles. The highest BCUT2D eigenvalue weighted by atomic mass is 32.1. The fraction of sp³-hybridized carbons (Fsp3) is 0.476. The molecule has 0 atom stereocenters. The Morgan fingerprint density at radius 3 is 2.44 bits per heavy atom. The smallest absolute Gasteiger partial charge is 0.289 e. The van der Waals surface area contributed by atoms with E-state index < -0.39 is 5.91 Å². The summed E-state index contributed by atoms with van der Waals surface area (Å²) in [6, 6.07) is 0. The van der Waals surface area contributed by atoms with E-state index in [0.717, 1.165) is 45.5 Å². The van der Waals surface area contributed by atoms with E-state index in [1.807, 2.05) is 13.8 Å². The van der Waals surface area contributed by atoms with Crippen molar-refractivity contribution in [3.63, 3.8) is 0 Å². The molecule has 0 aliphatic carbocycles. The maximum Gasteiger partial charge on any atom is 0.289 e. The molecule has 1 aliphatic rings. The molecule has 0 radical (unpaired) electrons. The van der Waals surface area contributed by atoms with Crippen LogP contribution in [0.1, 0.15) is 58.0 Å². The topological polar surface area (TPSA) is 109 Å². The normalized spacial score (nSPS) is 14.6. The fourth-order valence-corrected chi connectivity index (χ4v) is 5.38. The van der Waals surface area contributed by atoms with E-state index in [1.165, 1.54) is 22.7 Å². The molecule has 0 aromatic carbocycles. The molecule has 1 aliphatic heterocycles. The maximum absolute atomic E-state index is 12.8. The van der Waals surface area contributed by atoms with E-state index >= 15 is 0 Å². The van der Waals surface area contributed by atoms with E-state index in [0.29, 0.717) is 18.1 Å². The third-order valence-corrected chi connectivity index (χ3v) is 7.23. The van der Waals surface area contributed by atoms with E-state index in [2.05, 4.69) is 51.5 Å². The molecule has 1 fully saturated rings. The number of nitrogens with one attached hydrogen (secondary N) is 2. The number of thiazole rings is 1. The summed E-state index contributed by atoms with van der Waals surface area (Å²) < 4.78 is 5.35. The lowest BCUT2D eigenvalue weighted by atomic mass is 9.95. The van der Waals surface area contributed by atoms with Crippen LogP contribution < -0.4 is 15.8 Å². The first-order valence-corrected chi connectivity index (χ1v) is 12.0. The zero-order valence-electron chi connectivity index (χ0n) is 18.7. The standard InChI is InChI=1S/C21H26N6O3S2/c1-11-14-12(2)22-19(21(3,4)5)24-18(14)32-15(11)17(29)26-25-16(28)13-10-31-20(23-13)27-6-8-30-9-7-27/h10H,6-9H2,1-5H3,(H,25,28)(H,26,29). The van der Waals surface area contributed by atoms with Gasteiger partial charge < -0.3 is 9.64 Å². The molecule has 0 unspecified atom stereocenters. The molecule has 2 N–H and O–H groups in total. The molecule has 4 heterocycles. The van der Waals surface area contributed by atoms with Gasteiger partial charge in [0.1, 0.15) is 16.3 Å². The highest BCUT2D eigenvalue weighted by molar-refractivity contribution is 7.20. The van der Waals surface area contributed by atoms with Crippen molar-refractivity contribution >= 4 is 49.8 Å². The van der Waals surface area contributed by atoms with Crippen LogP contribution in [0.15, 0.2) is 5.38 Å². The summed E-state index contributed by atoms with van der Waals surface area (Å²) in [7, 11) is 0. The molecule has 0 saturated carbocycles. The van der Waals surface area contributed by atoms with Crippen molar-refractivity contribution in [3.05, 3.63) is 33.0 Å². The zero-order valence-corrected chi connectivity index (χ0v) is 20.4. The first-order chi connectivity index (χ1) is 15.1. The number of aromatic nitrogens is 3. The Morgan fingerprint density at radius 2 is 1.75 bits per heavy atom. The number of aryl methyl sites for hydroxylation is 2. The third kappa shape index (κ3) is 4.45. The number of anilines is 1. The molecule has 170 valence electrons. The number of carbonyl (C=O) groups excluding carboxylic acids is 2. The first kappa shape index (κ1) is 22.6. The van der Waals surface area contributed by atoms with Gasteiger partial charge >= 0.3 is 0 Å². The number of hydrazine groups is 1. The molecule has 3 aromatic rings. The summed E-state index contributed by atoms with van der Waals surface area (Å²) in [5, 5.41) is 3.34. The van der Waals surface area contributed by atoms with Gasteiger partial charge in [0.25, 0.3) is 11.8 Å². The second kappa shape index (κ2) is 8.72. The van der Waals surface area contributed by atoms with Crippen LogP contribution in [0, 0.1) is 13.8 Å². The number of hydrogen-bond acceptors (Lipinski definition) is 9. The lowest BCUT2D eigenvalue weighted by molar-refractivity contribution is 0.0846. The van der Waals surface area contributed by atoms with Gasteiger partial charge in [-0.1, -0.05) is 20.8 Å². The van der Waals surface area contributed by atoms with Gasteiger partial charge in [0, 0.05) is 29.3 Å². The summed E-state index contributed by atoms with van der Waals surface area (Å²) in [4.78, 5) is 42.4. The summed E-state index contributed by atoms with van der Waals surface area (Å²) in [5.74, 6) is -0.110. The van der Waals surface area contributed by atoms with E-state index in [1.54, 1.807) is 5.38 Å². The van der Waals surface area contributed by atoms with E-state index in [-0.39, 0.29) is 17.0 Å². The number of carbonyl (C=O) groups is 2. The van der Waals surface area contributed by atoms with Crippen LogP contribution in [0.4, 0.5) is 5.13 Å². The highest BCUT2D eigenvalue weighted by Gasteiger charge is 2.24. The Hall–Kier alpha value is -2.63. The SMILES string of the molecule is Cc1nc(C(C)(C)C)nc2sc(C(=O)NNC(=O)c3csc(N4CCOCC4)n3)c(C)c12. The monoisotopic (exact) mass is 474 g/mol. The minimum atomic E-state index is -0.459. The number of thiophene rings is 1.